The van der Waals surface area contributed by atoms with Gasteiger partial charge < -0.3 is 11.1 Å². The third-order valence-electron chi connectivity index (χ3n) is 4.52. The second kappa shape index (κ2) is 5.87. The summed E-state index contributed by atoms with van der Waals surface area (Å²) in [5, 5.41) is 2.73. The summed E-state index contributed by atoms with van der Waals surface area (Å²) in [6.07, 6.45) is 4.71. The Kier molecular flexibility index (Phi) is 3.94. The number of benzene rings is 1. The van der Waals surface area contributed by atoms with E-state index in [0.717, 1.165) is 12.8 Å². The Bertz CT molecular complexity index is 605. The summed E-state index contributed by atoms with van der Waals surface area (Å²) in [6, 6.07) is 4.60. The molecule has 2 atom stereocenters. The first-order valence-corrected chi connectivity index (χ1v) is 7.50. The predicted octanol–water partition coefficient (Wildman–Crippen LogP) is 2.51. The van der Waals surface area contributed by atoms with Crippen LogP contribution >= 0.6 is 0 Å². The quantitative estimate of drug-likeness (QED) is 0.821. The Morgan fingerprint density at radius 2 is 2.05 bits per heavy atom. The van der Waals surface area contributed by atoms with E-state index in [1.165, 1.54) is 18.9 Å². The van der Waals surface area contributed by atoms with Crippen LogP contribution in [0.25, 0.3) is 0 Å². The van der Waals surface area contributed by atoms with Gasteiger partial charge >= 0.3 is 0 Å². The fraction of sp³-hybridized carbons (Fsp3) is 0.471. The first-order chi connectivity index (χ1) is 10.2. The summed E-state index contributed by atoms with van der Waals surface area (Å²) in [6.45, 7) is 0.241. The number of rotatable bonds is 2. The highest BCUT2D eigenvalue weighted by Crippen LogP contribution is 2.55. The van der Waals surface area contributed by atoms with Gasteiger partial charge in [-0.15, -0.1) is 0 Å². The predicted molar refractivity (Wildman–Crippen MR) is 79.9 cm³/mol. The van der Waals surface area contributed by atoms with Crippen molar-refractivity contribution in [2.24, 2.45) is 23.5 Å². The number of carbonyl (C=O) groups is 1. The maximum absolute atomic E-state index is 14.0. The fourth-order valence-corrected chi connectivity index (χ4v) is 3.44. The second-order valence-electron chi connectivity index (χ2n) is 5.83. The van der Waals surface area contributed by atoms with Crippen LogP contribution in [0.4, 0.5) is 10.1 Å². The van der Waals surface area contributed by atoms with E-state index in [4.69, 9.17) is 5.73 Å². The summed E-state index contributed by atoms with van der Waals surface area (Å²) < 4.78 is 14.0. The largest absolute Gasteiger partial charge is 0.323 e. The molecule has 0 aliphatic heterocycles. The van der Waals surface area contributed by atoms with Crippen molar-refractivity contribution in [2.75, 3.05) is 11.9 Å². The van der Waals surface area contributed by atoms with Gasteiger partial charge in [-0.2, -0.15) is 0 Å². The summed E-state index contributed by atoms with van der Waals surface area (Å²) in [4.78, 5) is 12.2. The number of nitrogens with two attached hydrogens (primary N) is 1. The number of amides is 1. The average molecular weight is 286 g/mol. The minimum absolute atomic E-state index is 0.0356. The summed E-state index contributed by atoms with van der Waals surface area (Å²) >= 11 is 0. The number of hydrogen-bond acceptors (Lipinski definition) is 2. The van der Waals surface area contributed by atoms with Crippen LogP contribution in [0.15, 0.2) is 18.2 Å². The molecular weight excluding hydrogens is 267 g/mol. The van der Waals surface area contributed by atoms with E-state index < -0.39 is 5.82 Å². The van der Waals surface area contributed by atoms with Gasteiger partial charge in [0, 0.05) is 11.5 Å². The van der Waals surface area contributed by atoms with Gasteiger partial charge in [0.2, 0.25) is 5.91 Å². The molecule has 0 spiro atoms. The summed E-state index contributed by atoms with van der Waals surface area (Å²) in [5.41, 5.74) is 6.09. The lowest BCUT2D eigenvalue weighted by molar-refractivity contribution is -0.117. The minimum atomic E-state index is -0.448. The first kappa shape index (κ1) is 14.1. The Morgan fingerprint density at radius 1 is 1.33 bits per heavy atom. The fourth-order valence-electron chi connectivity index (χ4n) is 3.44. The molecule has 1 aromatic rings. The number of halogens is 1. The normalized spacial score (nSPS) is 26.3. The Morgan fingerprint density at radius 3 is 2.67 bits per heavy atom. The van der Waals surface area contributed by atoms with Crippen LogP contribution in [0.5, 0.6) is 0 Å². The van der Waals surface area contributed by atoms with Gasteiger partial charge in [-0.25, -0.2) is 4.39 Å². The molecule has 1 aromatic carbocycles. The van der Waals surface area contributed by atoms with Crippen molar-refractivity contribution < 1.29 is 9.18 Å². The lowest BCUT2D eigenvalue weighted by Gasteiger charge is -2.06. The highest BCUT2D eigenvalue weighted by molar-refractivity contribution is 5.95. The molecule has 3 N–H and O–H groups in total. The van der Waals surface area contributed by atoms with Crippen molar-refractivity contribution in [3.05, 3.63) is 29.6 Å². The number of anilines is 1. The molecule has 2 aliphatic rings. The molecule has 2 unspecified atom stereocenters. The highest BCUT2D eigenvalue weighted by Gasteiger charge is 2.54. The smallest absolute Gasteiger partial charge is 0.228 e. The topological polar surface area (TPSA) is 55.1 Å². The number of fused-ring (bicyclic) bond motifs is 1. The molecule has 1 amide bonds. The van der Waals surface area contributed by atoms with Crippen molar-refractivity contribution in [3.8, 4) is 11.8 Å². The van der Waals surface area contributed by atoms with E-state index in [-0.39, 0.29) is 24.1 Å². The molecule has 3 nitrogen and oxygen atoms in total. The zero-order valence-electron chi connectivity index (χ0n) is 11.9. The first-order valence-electron chi connectivity index (χ1n) is 7.50. The zero-order chi connectivity index (χ0) is 14.8. The van der Waals surface area contributed by atoms with Crippen LogP contribution < -0.4 is 11.1 Å². The number of hydrogen-bond donors (Lipinski definition) is 2. The molecule has 0 radical (unpaired) electrons. The van der Waals surface area contributed by atoms with Gasteiger partial charge in [0.25, 0.3) is 0 Å². The van der Waals surface area contributed by atoms with Crippen LogP contribution in [-0.2, 0) is 4.79 Å². The third-order valence-corrected chi connectivity index (χ3v) is 4.52. The molecular formula is C17H19FN2O. The van der Waals surface area contributed by atoms with Crippen molar-refractivity contribution in [3.63, 3.8) is 0 Å². The molecule has 0 saturated heterocycles. The van der Waals surface area contributed by atoms with E-state index in [9.17, 15) is 9.18 Å². The van der Waals surface area contributed by atoms with E-state index in [1.807, 2.05) is 0 Å². The monoisotopic (exact) mass is 286 g/mol. The maximum Gasteiger partial charge on any atom is 0.228 e. The highest BCUT2D eigenvalue weighted by atomic mass is 19.1. The molecule has 0 heterocycles. The van der Waals surface area contributed by atoms with E-state index in [2.05, 4.69) is 17.2 Å². The van der Waals surface area contributed by atoms with E-state index in [1.54, 1.807) is 12.1 Å². The van der Waals surface area contributed by atoms with Gasteiger partial charge in [-0.1, -0.05) is 24.7 Å². The van der Waals surface area contributed by atoms with Gasteiger partial charge in [0.1, 0.15) is 5.82 Å². The summed E-state index contributed by atoms with van der Waals surface area (Å²) in [7, 11) is 0. The van der Waals surface area contributed by atoms with Crippen LogP contribution in [0.1, 0.15) is 31.2 Å². The summed E-state index contributed by atoms with van der Waals surface area (Å²) in [5.74, 6) is 6.10. The minimum Gasteiger partial charge on any atom is -0.323 e. The SMILES string of the molecule is NCC#Cc1ccc(NC(=O)C2C3CCCCC32)c(F)c1. The van der Waals surface area contributed by atoms with Crippen molar-refractivity contribution >= 4 is 11.6 Å². The number of carbonyl (C=O) groups excluding carboxylic acids is 1. The van der Waals surface area contributed by atoms with Crippen molar-refractivity contribution in [1.82, 2.24) is 0 Å². The Labute approximate surface area is 124 Å². The molecule has 110 valence electrons. The van der Waals surface area contributed by atoms with Crippen LogP contribution in [0.2, 0.25) is 0 Å². The molecule has 21 heavy (non-hydrogen) atoms. The Hall–Kier alpha value is -1.86. The second-order valence-corrected chi connectivity index (χ2v) is 5.83. The van der Waals surface area contributed by atoms with Crippen LogP contribution in [-0.4, -0.2) is 12.5 Å². The standard InChI is InChI=1S/C17H19FN2O/c18-14-10-11(4-3-9-19)7-8-15(14)20-17(21)16-12-5-1-2-6-13(12)16/h7-8,10,12-13,16H,1-2,5-6,9,19H2,(H,20,21). The maximum atomic E-state index is 14.0. The van der Waals surface area contributed by atoms with Gasteiger partial charge in [-0.3, -0.25) is 4.79 Å². The molecule has 4 heteroatoms. The molecule has 3 rings (SSSR count). The van der Waals surface area contributed by atoms with Crippen LogP contribution in [0, 0.1) is 35.4 Å². The molecule has 0 aromatic heterocycles. The van der Waals surface area contributed by atoms with Crippen molar-refractivity contribution in [1.29, 1.82) is 0 Å². The molecule has 2 aliphatic carbocycles. The number of nitrogens with one attached hydrogen (secondary N) is 1. The lowest BCUT2D eigenvalue weighted by atomic mass is 10.0. The average Bonchev–Trinajstić information content (AvgIpc) is 3.22. The van der Waals surface area contributed by atoms with Gasteiger partial charge in [0.15, 0.2) is 0 Å². The van der Waals surface area contributed by atoms with Gasteiger partial charge in [-0.05, 0) is 42.9 Å². The van der Waals surface area contributed by atoms with Gasteiger partial charge in [0.05, 0.1) is 12.2 Å². The Balaban J connectivity index is 1.66. The third kappa shape index (κ3) is 2.93. The van der Waals surface area contributed by atoms with E-state index >= 15 is 0 Å². The van der Waals surface area contributed by atoms with Crippen molar-refractivity contribution in [2.45, 2.75) is 25.7 Å². The van der Waals surface area contributed by atoms with E-state index in [0.29, 0.717) is 17.4 Å². The molecule has 0 bridgehead atoms. The zero-order valence-corrected chi connectivity index (χ0v) is 11.9. The molecule has 2 fully saturated rings. The van der Waals surface area contributed by atoms with Crippen LogP contribution in [0.3, 0.4) is 0 Å². The molecule has 2 saturated carbocycles. The lowest BCUT2D eigenvalue weighted by Crippen LogP contribution is -2.16.